The van der Waals surface area contributed by atoms with Crippen LogP contribution in [0.25, 0.3) is 11.4 Å². The van der Waals surface area contributed by atoms with Gasteiger partial charge in [0.1, 0.15) is 11.6 Å². The van der Waals surface area contributed by atoms with E-state index in [1.165, 1.54) is 0 Å². The van der Waals surface area contributed by atoms with Crippen LogP contribution in [-0.2, 0) is 4.74 Å². The Hall–Kier alpha value is -2.18. The summed E-state index contributed by atoms with van der Waals surface area (Å²) in [4.78, 5) is 11.3. The number of hydrogen-bond acceptors (Lipinski definition) is 6. The van der Waals surface area contributed by atoms with E-state index >= 15 is 0 Å². The van der Waals surface area contributed by atoms with Crippen molar-refractivity contribution < 1.29 is 4.74 Å². The van der Waals surface area contributed by atoms with Gasteiger partial charge in [-0.2, -0.15) is 0 Å². The lowest BCUT2D eigenvalue weighted by atomic mass is 10.2. The van der Waals surface area contributed by atoms with E-state index < -0.39 is 0 Å². The third-order valence-corrected chi connectivity index (χ3v) is 3.55. The van der Waals surface area contributed by atoms with Gasteiger partial charge in [-0.15, -0.1) is 0 Å². The van der Waals surface area contributed by atoms with Crippen molar-refractivity contribution in [1.82, 2.24) is 9.97 Å². The van der Waals surface area contributed by atoms with Gasteiger partial charge in [0.25, 0.3) is 0 Å². The number of benzene rings is 1. The van der Waals surface area contributed by atoms with E-state index in [-0.39, 0.29) is 6.04 Å². The molecular weight excluding hydrogens is 266 g/mol. The Morgan fingerprint density at radius 2 is 2.10 bits per heavy atom. The number of nitrogens with zero attached hydrogens (tertiary/aromatic N) is 3. The molecule has 1 aromatic heterocycles. The fourth-order valence-corrected chi connectivity index (χ4v) is 2.44. The van der Waals surface area contributed by atoms with Gasteiger partial charge in [-0.05, 0) is 6.92 Å². The van der Waals surface area contributed by atoms with Crippen LogP contribution >= 0.6 is 0 Å². The van der Waals surface area contributed by atoms with E-state index in [1.54, 1.807) is 0 Å². The Labute approximate surface area is 123 Å². The number of aromatic nitrogens is 2. The molecular formula is C15H19N5O. The topological polar surface area (TPSA) is 76.3 Å². The van der Waals surface area contributed by atoms with Gasteiger partial charge in [0.2, 0.25) is 0 Å². The number of nitrogen functional groups attached to an aromatic ring is 1. The highest BCUT2D eigenvalue weighted by molar-refractivity contribution is 5.61. The number of hydrazine groups is 1. The Morgan fingerprint density at radius 3 is 2.81 bits per heavy atom. The first-order valence-corrected chi connectivity index (χ1v) is 7.03. The molecule has 0 bridgehead atoms. The van der Waals surface area contributed by atoms with Crippen LogP contribution in [0.5, 0.6) is 0 Å². The summed E-state index contributed by atoms with van der Waals surface area (Å²) < 4.78 is 5.48. The predicted octanol–water partition coefficient (Wildman–Crippen LogP) is 1.65. The number of nitrogens with two attached hydrogens (primary N) is 1. The van der Waals surface area contributed by atoms with Crippen LogP contribution in [0.2, 0.25) is 0 Å². The van der Waals surface area contributed by atoms with Gasteiger partial charge in [-0.3, -0.25) is 0 Å². The maximum Gasteiger partial charge on any atom is 0.163 e. The molecule has 0 radical (unpaired) electrons. The quantitative estimate of drug-likeness (QED) is 0.660. The van der Waals surface area contributed by atoms with Crippen LogP contribution < -0.4 is 16.2 Å². The van der Waals surface area contributed by atoms with Crippen LogP contribution in [0.15, 0.2) is 36.4 Å². The van der Waals surface area contributed by atoms with E-state index in [4.69, 9.17) is 10.6 Å². The lowest BCUT2D eigenvalue weighted by molar-refractivity contribution is 0.0985. The molecule has 0 amide bonds. The highest BCUT2D eigenvalue weighted by Gasteiger charge is 2.21. The maximum atomic E-state index is 5.55. The van der Waals surface area contributed by atoms with Gasteiger partial charge < -0.3 is 15.1 Å². The Kier molecular flexibility index (Phi) is 3.98. The highest BCUT2D eigenvalue weighted by atomic mass is 16.5. The smallest absolute Gasteiger partial charge is 0.163 e. The molecule has 1 fully saturated rings. The molecule has 0 aliphatic carbocycles. The van der Waals surface area contributed by atoms with Gasteiger partial charge in [-0.1, -0.05) is 30.3 Å². The molecule has 1 aliphatic rings. The molecule has 0 saturated carbocycles. The number of ether oxygens (including phenoxy) is 1. The number of rotatable bonds is 3. The zero-order chi connectivity index (χ0) is 14.7. The van der Waals surface area contributed by atoms with E-state index in [9.17, 15) is 0 Å². The van der Waals surface area contributed by atoms with E-state index in [0.29, 0.717) is 24.9 Å². The summed E-state index contributed by atoms with van der Waals surface area (Å²) in [5.41, 5.74) is 3.59. The molecule has 0 spiro atoms. The number of hydrogen-bond donors (Lipinski definition) is 2. The lowest BCUT2D eigenvalue weighted by Crippen LogP contribution is -2.44. The molecule has 1 aliphatic heterocycles. The second-order valence-electron chi connectivity index (χ2n) is 5.06. The SMILES string of the molecule is CC1COCCN1c1cc(NN)nc(-c2ccccc2)n1. The van der Waals surface area contributed by atoms with Crippen molar-refractivity contribution in [3.05, 3.63) is 36.4 Å². The number of anilines is 2. The third-order valence-electron chi connectivity index (χ3n) is 3.55. The van der Waals surface area contributed by atoms with Crippen molar-refractivity contribution >= 4 is 11.6 Å². The van der Waals surface area contributed by atoms with Crippen molar-refractivity contribution in [3.8, 4) is 11.4 Å². The Bertz CT molecular complexity index is 604. The lowest BCUT2D eigenvalue weighted by Gasteiger charge is -2.34. The second-order valence-corrected chi connectivity index (χ2v) is 5.06. The van der Waals surface area contributed by atoms with Gasteiger partial charge in [-0.25, -0.2) is 15.8 Å². The Balaban J connectivity index is 2.01. The molecule has 3 N–H and O–H groups in total. The molecule has 6 nitrogen and oxygen atoms in total. The number of morpholine rings is 1. The fraction of sp³-hybridized carbons (Fsp3) is 0.333. The van der Waals surface area contributed by atoms with E-state index in [0.717, 1.165) is 17.9 Å². The summed E-state index contributed by atoms with van der Waals surface area (Å²) in [5, 5.41) is 0. The second kappa shape index (κ2) is 6.07. The monoisotopic (exact) mass is 285 g/mol. The normalized spacial score (nSPS) is 18.6. The molecule has 1 atom stereocenters. The maximum absolute atomic E-state index is 5.55. The third kappa shape index (κ3) is 2.96. The van der Waals surface area contributed by atoms with Gasteiger partial charge in [0, 0.05) is 18.2 Å². The minimum atomic E-state index is 0.280. The van der Waals surface area contributed by atoms with Gasteiger partial charge in [0.15, 0.2) is 5.82 Å². The minimum absolute atomic E-state index is 0.280. The summed E-state index contributed by atoms with van der Waals surface area (Å²) >= 11 is 0. The Morgan fingerprint density at radius 1 is 1.29 bits per heavy atom. The van der Waals surface area contributed by atoms with Crippen molar-refractivity contribution in [3.63, 3.8) is 0 Å². The zero-order valence-electron chi connectivity index (χ0n) is 12.0. The molecule has 2 aromatic rings. The molecule has 110 valence electrons. The predicted molar refractivity (Wildman–Crippen MR) is 82.9 cm³/mol. The van der Waals surface area contributed by atoms with Crippen LogP contribution in [0.4, 0.5) is 11.6 Å². The summed E-state index contributed by atoms with van der Waals surface area (Å²) in [7, 11) is 0. The summed E-state index contributed by atoms with van der Waals surface area (Å²) in [6, 6.07) is 12.0. The molecule has 1 unspecified atom stereocenters. The first-order chi connectivity index (χ1) is 10.3. The van der Waals surface area contributed by atoms with Crippen LogP contribution in [0.3, 0.4) is 0 Å². The molecule has 6 heteroatoms. The zero-order valence-corrected chi connectivity index (χ0v) is 12.0. The first kappa shape index (κ1) is 13.8. The van der Waals surface area contributed by atoms with Gasteiger partial charge >= 0.3 is 0 Å². The average molecular weight is 285 g/mol. The van der Waals surface area contributed by atoms with E-state index in [2.05, 4.69) is 27.2 Å². The summed E-state index contributed by atoms with van der Waals surface area (Å²) in [6.45, 7) is 4.35. The first-order valence-electron chi connectivity index (χ1n) is 7.03. The van der Waals surface area contributed by atoms with Crippen LogP contribution in [0, 0.1) is 0 Å². The minimum Gasteiger partial charge on any atom is -0.377 e. The van der Waals surface area contributed by atoms with Crippen molar-refractivity contribution in [2.24, 2.45) is 5.84 Å². The molecule has 3 rings (SSSR count). The number of nitrogens with one attached hydrogen (secondary N) is 1. The molecule has 1 aromatic carbocycles. The van der Waals surface area contributed by atoms with Crippen LogP contribution in [0.1, 0.15) is 6.92 Å². The highest BCUT2D eigenvalue weighted by Crippen LogP contribution is 2.24. The molecule has 1 saturated heterocycles. The summed E-state index contributed by atoms with van der Waals surface area (Å²) in [5.74, 6) is 7.69. The van der Waals surface area contributed by atoms with Crippen molar-refractivity contribution in [2.45, 2.75) is 13.0 Å². The summed E-state index contributed by atoms with van der Waals surface area (Å²) in [6.07, 6.45) is 0. The molecule has 2 heterocycles. The average Bonchev–Trinajstić information content (AvgIpc) is 2.55. The van der Waals surface area contributed by atoms with Gasteiger partial charge in [0.05, 0.1) is 19.3 Å². The standard InChI is InChI=1S/C15H19N5O/c1-11-10-21-8-7-20(11)14-9-13(19-16)17-15(18-14)12-5-3-2-4-6-12/h2-6,9,11H,7-8,10,16H2,1H3,(H,17,18,19). The fourth-order valence-electron chi connectivity index (χ4n) is 2.44. The van der Waals surface area contributed by atoms with E-state index in [1.807, 2.05) is 36.4 Å². The van der Waals surface area contributed by atoms with Crippen LogP contribution in [-0.4, -0.2) is 35.8 Å². The van der Waals surface area contributed by atoms with Crippen molar-refractivity contribution in [2.75, 3.05) is 30.1 Å². The molecule has 21 heavy (non-hydrogen) atoms. The largest absolute Gasteiger partial charge is 0.377 e. The van der Waals surface area contributed by atoms with Crippen molar-refractivity contribution in [1.29, 1.82) is 0 Å².